The van der Waals surface area contributed by atoms with Crippen molar-refractivity contribution in [1.82, 2.24) is 9.88 Å². The molecule has 0 N–H and O–H groups in total. The quantitative estimate of drug-likeness (QED) is 0.678. The molecule has 2 aromatic rings. The Morgan fingerprint density at radius 2 is 2.19 bits per heavy atom. The third-order valence-corrected chi connectivity index (χ3v) is 5.52. The molecular formula is C20H26N2O4S. The van der Waals surface area contributed by atoms with E-state index < -0.39 is 0 Å². The number of ether oxygens (including phenoxy) is 3. The molecule has 7 heteroatoms. The summed E-state index contributed by atoms with van der Waals surface area (Å²) in [5, 5.41) is 3.18. The van der Waals surface area contributed by atoms with Gasteiger partial charge >= 0.3 is 5.97 Å². The summed E-state index contributed by atoms with van der Waals surface area (Å²) in [6.07, 6.45) is 1.00. The van der Waals surface area contributed by atoms with Gasteiger partial charge in [0.15, 0.2) is 6.61 Å². The summed E-state index contributed by atoms with van der Waals surface area (Å²) in [6, 6.07) is 8.28. The molecule has 0 saturated carbocycles. The van der Waals surface area contributed by atoms with Crippen LogP contribution in [-0.2, 0) is 20.7 Å². The normalized spacial score (nSPS) is 18.9. The molecule has 2 heterocycles. The first kappa shape index (κ1) is 19.8. The zero-order valence-corrected chi connectivity index (χ0v) is 16.8. The van der Waals surface area contributed by atoms with E-state index in [1.807, 2.05) is 31.2 Å². The molecule has 2 unspecified atom stereocenters. The average molecular weight is 391 g/mol. The minimum Gasteiger partial charge on any atom is -0.482 e. The maximum absolute atomic E-state index is 11.1. The van der Waals surface area contributed by atoms with Gasteiger partial charge in [0.1, 0.15) is 11.9 Å². The van der Waals surface area contributed by atoms with Gasteiger partial charge in [-0.3, -0.25) is 4.90 Å². The smallest absolute Gasteiger partial charge is 0.343 e. The Bertz CT molecular complexity index is 747. The predicted octanol–water partition coefficient (Wildman–Crippen LogP) is 3.01. The van der Waals surface area contributed by atoms with Crippen molar-refractivity contribution in [2.24, 2.45) is 0 Å². The number of carbonyl (C=O) groups is 1. The van der Waals surface area contributed by atoms with Gasteiger partial charge in [-0.1, -0.05) is 12.1 Å². The van der Waals surface area contributed by atoms with Crippen LogP contribution < -0.4 is 4.74 Å². The van der Waals surface area contributed by atoms with Gasteiger partial charge in [0.2, 0.25) is 0 Å². The fourth-order valence-corrected chi connectivity index (χ4v) is 3.82. The lowest BCUT2D eigenvalue weighted by Crippen LogP contribution is -2.44. The Morgan fingerprint density at radius 1 is 1.41 bits per heavy atom. The lowest BCUT2D eigenvalue weighted by Gasteiger charge is -2.36. The third kappa shape index (κ3) is 5.51. The second-order valence-electron chi connectivity index (χ2n) is 6.71. The maximum Gasteiger partial charge on any atom is 0.343 e. The van der Waals surface area contributed by atoms with E-state index in [-0.39, 0.29) is 18.7 Å². The summed E-state index contributed by atoms with van der Waals surface area (Å²) >= 11 is 1.67. The number of aryl methyl sites for hydroxylation is 1. The summed E-state index contributed by atoms with van der Waals surface area (Å²) in [5.41, 5.74) is 2.28. The highest BCUT2D eigenvalue weighted by Crippen LogP contribution is 2.25. The number of morpholine rings is 1. The molecule has 0 bridgehead atoms. The largest absolute Gasteiger partial charge is 0.482 e. The lowest BCUT2D eigenvalue weighted by atomic mass is 10.0. The number of esters is 1. The average Bonchev–Trinajstić information content (AvgIpc) is 3.13. The number of thiazole rings is 1. The molecule has 1 fully saturated rings. The molecule has 1 aromatic carbocycles. The fraction of sp³-hybridized carbons (Fsp3) is 0.500. The highest BCUT2D eigenvalue weighted by Gasteiger charge is 2.26. The number of rotatable bonds is 7. The van der Waals surface area contributed by atoms with Crippen molar-refractivity contribution in [3.63, 3.8) is 0 Å². The standard InChI is InChI=1S/C20H26N2O4S/c1-14(10-16-4-6-17(7-5-16)26-12-20(23)24-3)22-8-9-25-19(11-22)18-13-27-15(2)21-18/h4-7,13-14,19H,8-12H2,1-3H3. The van der Waals surface area contributed by atoms with Gasteiger partial charge in [0.05, 0.1) is 24.4 Å². The number of carbonyl (C=O) groups excluding carboxylic acids is 1. The zero-order valence-electron chi connectivity index (χ0n) is 16.0. The Balaban J connectivity index is 1.53. The van der Waals surface area contributed by atoms with Crippen LogP contribution in [-0.4, -0.2) is 55.3 Å². The Labute approximate surface area is 164 Å². The fourth-order valence-electron chi connectivity index (χ4n) is 3.17. The minimum absolute atomic E-state index is 0.0558. The van der Waals surface area contributed by atoms with Gasteiger partial charge in [-0.15, -0.1) is 11.3 Å². The predicted molar refractivity (Wildman–Crippen MR) is 104 cm³/mol. The van der Waals surface area contributed by atoms with Crippen LogP contribution in [0.1, 0.15) is 29.3 Å². The molecule has 1 aliphatic heterocycles. The number of aromatic nitrogens is 1. The Morgan fingerprint density at radius 3 is 2.85 bits per heavy atom. The molecule has 0 aliphatic carbocycles. The third-order valence-electron chi connectivity index (χ3n) is 4.73. The first-order valence-electron chi connectivity index (χ1n) is 9.11. The summed E-state index contributed by atoms with van der Waals surface area (Å²) in [5.74, 6) is 0.284. The second-order valence-corrected chi connectivity index (χ2v) is 7.77. The molecule has 0 spiro atoms. The SMILES string of the molecule is COC(=O)COc1ccc(CC(C)N2CCOC(c3csc(C)n3)C2)cc1. The minimum atomic E-state index is -0.384. The number of benzene rings is 1. The van der Waals surface area contributed by atoms with Crippen molar-refractivity contribution in [3.05, 3.63) is 45.9 Å². The van der Waals surface area contributed by atoms with Crippen LogP contribution in [0.5, 0.6) is 5.75 Å². The molecule has 3 rings (SSSR count). The molecular weight excluding hydrogens is 364 g/mol. The highest BCUT2D eigenvalue weighted by molar-refractivity contribution is 7.09. The molecule has 0 amide bonds. The lowest BCUT2D eigenvalue weighted by molar-refractivity contribution is -0.142. The molecule has 0 radical (unpaired) electrons. The van der Waals surface area contributed by atoms with Gasteiger partial charge in [-0.05, 0) is 38.0 Å². The van der Waals surface area contributed by atoms with Crippen molar-refractivity contribution in [2.75, 3.05) is 33.4 Å². The molecule has 2 atom stereocenters. The number of methoxy groups -OCH3 is 1. The van der Waals surface area contributed by atoms with E-state index in [1.54, 1.807) is 11.3 Å². The highest BCUT2D eigenvalue weighted by atomic mass is 32.1. The monoisotopic (exact) mass is 390 g/mol. The van der Waals surface area contributed by atoms with Crippen molar-refractivity contribution in [2.45, 2.75) is 32.4 Å². The van der Waals surface area contributed by atoms with Crippen LogP contribution in [0.4, 0.5) is 0 Å². The second kappa shape index (κ2) is 9.30. The molecule has 6 nitrogen and oxygen atoms in total. The van der Waals surface area contributed by atoms with E-state index in [2.05, 4.69) is 26.9 Å². The van der Waals surface area contributed by atoms with E-state index >= 15 is 0 Å². The molecule has 1 saturated heterocycles. The van der Waals surface area contributed by atoms with Gasteiger partial charge in [0.25, 0.3) is 0 Å². The van der Waals surface area contributed by atoms with Crippen LogP contribution in [0.3, 0.4) is 0 Å². The van der Waals surface area contributed by atoms with Gasteiger partial charge in [-0.2, -0.15) is 0 Å². The number of nitrogens with zero attached hydrogens (tertiary/aromatic N) is 2. The van der Waals surface area contributed by atoms with Gasteiger partial charge in [-0.25, -0.2) is 9.78 Å². The van der Waals surface area contributed by atoms with Crippen molar-refractivity contribution >= 4 is 17.3 Å². The van der Waals surface area contributed by atoms with E-state index in [0.29, 0.717) is 11.8 Å². The van der Waals surface area contributed by atoms with Crippen molar-refractivity contribution in [3.8, 4) is 5.75 Å². The van der Waals surface area contributed by atoms with Crippen LogP contribution in [0.25, 0.3) is 0 Å². The Kier molecular flexibility index (Phi) is 6.82. The molecule has 27 heavy (non-hydrogen) atoms. The Hall–Kier alpha value is -1.96. The van der Waals surface area contributed by atoms with E-state index in [0.717, 1.165) is 36.8 Å². The molecule has 1 aromatic heterocycles. The summed E-state index contributed by atoms with van der Waals surface area (Å²) in [4.78, 5) is 18.2. The zero-order chi connectivity index (χ0) is 19.2. The summed E-state index contributed by atoms with van der Waals surface area (Å²) in [6.45, 7) is 6.72. The first-order chi connectivity index (χ1) is 13.0. The number of hydrogen-bond donors (Lipinski definition) is 0. The van der Waals surface area contributed by atoms with E-state index in [4.69, 9.17) is 9.47 Å². The van der Waals surface area contributed by atoms with Crippen LogP contribution in [0, 0.1) is 6.92 Å². The van der Waals surface area contributed by atoms with Gasteiger partial charge < -0.3 is 14.2 Å². The van der Waals surface area contributed by atoms with Crippen molar-refractivity contribution in [1.29, 1.82) is 0 Å². The van der Waals surface area contributed by atoms with E-state index in [9.17, 15) is 4.79 Å². The number of hydrogen-bond acceptors (Lipinski definition) is 7. The van der Waals surface area contributed by atoms with Gasteiger partial charge in [0, 0.05) is 24.5 Å². The van der Waals surface area contributed by atoms with Crippen LogP contribution in [0.2, 0.25) is 0 Å². The summed E-state index contributed by atoms with van der Waals surface area (Å²) in [7, 11) is 1.35. The maximum atomic E-state index is 11.1. The molecule has 1 aliphatic rings. The topological polar surface area (TPSA) is 60.9 Å². The first-order valence-corrected chi connectivity index (χ1v) is 9.99. The summed E-state index contributed by atoms with van der Waals surface area (Å²) < 4.78 is 15.9. The van der Waals surface area contributed by atoms with Crippen LogP contribution >= 0.6 is 11.3 Å². The van der Waals surface area contributed by atoms with E-state index in [1.165, 1.54) is 12.7 Å². The van der Waals surface area contributed by atoms with Crippen molar-refractivity contribution < 1.29 is 19.0 Å². The van der Waals surface area contributed by atoms with Crippen LogP contribution in [0.15, 0.2) is 29.6 Å². The molecule has 146 valence electrons.